The first kappa shape index (κ1) is 15.2. The first-order valence-corrected chi connectivity index (χ1v) is 6.88. The molecule has 2 nitrogen and oxygen atoms in total. The van der Waals surface area contributed by atoms with Crippen molar-refractivity contribution < 1.29 is 13.2 Å². The number of alkyl halides is 1. The summed E-state index contributed by atoms with van der Waals surface area (Å²) in [4.78, 5) is 0. The van der Waals surface area contributed by atoms with E-state index in [0.29, 0.717) is 23.7 Å². The lowest BCUT2D eigenvalue weighted by Crippen LogP contribution is -2.03. The molecule has 0 unspecified atom stereocenters. The SMILES string of the molecule is CCCc1nn(-c2cc(F)c(F)cc2F)c(Cl)c1CCl. The van der Waals surface area contributed by atoms with Gasteiger partial charge in [0.05, 0.1) is 11.6 Å². The topological polar surface area (TPSA) is 17.8 Å². The maximum Gasteiger partial charge on any atom is 0.161 e. The monoisotopic (exact) mass is 322 g/mol. The molecule has 0 aliphatic heterocycles. The van der Waals surface area contributed by atoms with Crippen molar-refractivity contribution in [2.24, 2.45) is 0 Å². The van der Waals surface area contributed by atoms with Crippen LogP contribution in [0, 0.1) is 17.5 Å². The Bertz CT molecular complexity index is 641. The first-order valence-electron chi connectivity index (χ1n) is 5.96. The van der Waals surface area contributed by atoms with Crippen molar-refractivity contribution >= 4 is 23.2 Å². The summed E-state index contributed by atoms with van der Waals surface area (Å²) in [5.74, 6) is -3.27. The molecule has 1 heterocycles. The van der Waals surface area contributed by atoms with Gasteiger partial charge in [0, 0.05) is 17.7 Å². The largest absolute Gasteiger partial charge is 0.219 e. The summed E-state index contributed by atoms with van der Waals surface area (Å²) in [6.45, 7) is 1.95. The van der Waals surface area contributed by atoms with E-state index in [4.69, 9.17) is 23.2 Å². The number of halogens is 5. The van der Waals surface area contributed by atoms with Crippen LogP contribution >= 0.6 is 23.2 Å². The maximum atomic E-state index is 13.8. The molecular formula is C13H11Cl2F3N2. The molecule has 1 aromatic heterocycles. The fourth-order valence-corrected chi connectivity index (χ4v) is 2.53. The van der Waals surface area contributed by atoms with E-state index in [-0.39, 0.29) is 16.7 Å². The fourth-order valence-electron chi connectivity index (χ4n) is 1.88. The lowest BCUT2D eigenvalue weighted by atomic mass is 10.2. The van der Waals surface area contributed by atoms with Crippen LogP contribution < -0.4 is 0 Å². The van der Waals surface area contributed by atoms with Gasteiger partial charge in [0.15, 0.2) is 17.5 Å². The van der Waals surface area contributed by atoms with Gasteiger partial charge in [0.2, 0.25) is 0 Å². The molecule has 2 rings (SSSR count). The summed E-state index contributed by atoms with van der Waals surface area (Å²) in [5.41, 5.74) is 0.943. The molecule has 0 bridgehead atoms. The Morgan fingerprint density at radius 2 is 1.80 bits per heavy atom. The number of hydrogen-bond acceptors (Lipinski definition) is 1. The van der Waals surface area contributed by atoms with Crippen LogP contribution in [0.2, 0.25) is 5.15 Å². The second-order valence-electron chi connectivity index (χ2n) is 4.23. The number of nitrogens with zero attached hydrogens (tertiary/aromatic N) is 2. The fraction of sp³-hybridized carbons (Fsp3) is 0.308. The third-order valence-electron chi connectivity index (χ3n) is 2.84. The van der Waals surface area contributed by atoms with Crippen LogP contribution in [0.25, 0.3) is 5.69 Å². The molecule has 0 saturated carbocycles. The van der Waals surface area contributed by atoms with Crippen LogP contribution in [-0.4, -0.2) is 9.78 Å². The minimum atomic E-state index is -1.26. The number of benzene rings is 1. The standard InChI is InChI=1S/C13H11Cl2F3N2/c1-2-3-11-7(6-14)13(15)20(19-11)12-5-9(17)8(16)4-10(12)18/h4-5H,2-3,6H2,1H3. The van der Waals surface area contributed by atoms with E-state index in [1.54, 1.807) is 0 Å². The number of aromatic nitrogens is 2. The van der Waals surface area contributed by atoms with Crippen molar-refractivity contribution in [2.45, 2.75) is 25.6 Å². The van der Waals surface area contributed by atoms with Gasteiger partial charge in [-0.15, -0.1) is 11.6 Å². The molecule has 7 heteroatoms. The van der Waals surface area contributed by atoms with Crippen LogP contribution in [0.4, 0.5) is 13.2 Å². The summed E-state index contributed by atoms with van der Waals surface area (Å²) in [6.07, 6.45) is 1.41. The van der Waals surface area contributed by atoms with Crippen molar-refractivity contribution in [1.82, 2.24) is 9.78 Å². The molecule has 0 saturated heterocycles. The Hall–Kier alpha value is -1.20. The maximum absolute atomic E-state index is 13.8. The number of hydrogen-bond donors (Lipinski definition) is 0. The molecule has 0 amide bonds. The normalized spacial score (nSPS) is 11.1. The van der Waals surface area contributed by atoms with E-state index in [1.807, 2.05) is 6.92 Å². The molecule has 0 aliphatic rings. The van der Waals surface area contributed by atoms with Crippen molar-refractivity contribution in [2.75, 3.05) is 0 Å². The van der Waals surface area contributed by atoms with E-state index in [1.165, 1.54) is 0 Å². The molecule has 1 aromatic carbocycles. The zero-order chi connectivity index (χ0) is 14.9. The first-order chi connectivity index (χ1) is 9.49. The zero-order valence-electron chi connectivity index (χ0n) is 10.6. The molecule has 0 aliphatic carbocycles. The van der Waals surface area contributed by atoms with E-state index in [0.717, 1.165) is 17.2 Å². The Morgan fingerprint density at radius 3 is 2.40 bits per heavy atom. The van der Waals surface area contributed by atoms with Crippen molar-refractivity contribution in [1.29, 1.82) is 0 Å². The highest BCUT2D eigenvalue weighted by atomic mass is 35.5. The van der Waals surface area contributed by atoms with Crippen molar-refractivity contribution in [3.8, 4) is 5.69 Å². The molecule has 20 heavy (non-hydrogen) atoms. The summed E-state index contributed by atoms with van der Waals surface area (Å²) >= 11 is 11.9. The van der Waals surface area contributed by atoms with Gasteiger partial charge in [0.1, 0.15) is 10.8 Å². The van der Waals surface area contributed by atoms with Crippen LogP contribution in [0.5, 0.6) is 0 Å². The van der Waals surface area contributed by atoms with Crippen LogP contribution in [0.3, 0.4) is 0 Å². The highest BCUT2D eigenvalue weighted by Gasteiger charge is 2.20. The highest BCUT2D eigenvalue weighted by molar-refractivity contribution is 6.31. The molecule has 108 valence electrons. The Balaban J connectivity index is 2.61. The molecule has 0 spiro atoms. The molecule has 0 radical (unpaired) electrons. The van der Waals surface area contributed by atoms with Crippen molar-refractivity contribution in [3.63, 3.8) is 0 Å². The molecule has 0 N–H and O–H groups in total. The highest BCUT2D eigenvalue weighted by Crippen LogP contribution is 2.28. The lowest BCUT2D eigenvalue weighted by Gasteiger charge is -2.05. The van der Waals surface area contributed by atoms with Crippen molar-refractivity contribution in [3.05, 3.63) is 46.0 Å². The third-order valence-corrected chi connectivity index (χ3v) is 3.50. The smallest absolute Gasteiger partial charge is 0.161 e. The van der Waals surface area contributed by atoms with Crippen LogP contribution in [0.15, 0.2) is 12.1 Å². The Labute approximate surface area is 124 Å². The van der Waals surface area contributed by atoms with E-state index in [2.05, 4.69) is 5.10 Å². The Morgan fingerprint density at radius 1 is 1.15 bits per heavy atom. The Kier molecular flexibility index (Phi) is 4.60. The van der Waals surface area contributed by atoms with Gasteiger partial charge in [-0.1, -0.05) is 24.9 Å². The quantitative estimate of drug-likeness (QED) is 0.592. The molecule has 0 fully saturated rings. The van der Waals surface area contributed by atoms with E-state index < -0.39 is 17.5 Å². The third kappa shape index (κ3) is 2.65. The van der Waals surface area contributed by atoms with Gasteiger partial charge in [-0.3, -0.25) is 0 Å². The zero-order valence-corrected chi connectivity index (χ0v) is 12.1. The second-order valence-corrected chi connectivity index (χ2v) is 4.85. The van der Waals surface area contributed by atoms with Gasteiger partial charge in [-0.25, -0.2) is 17.9 Å². The van der Waals surface area contributed by atoms with E-state index in [9.17, 15) is 13.2 Å². The van der Waals surface area contributed by atoms with Gasteiger partial charge >= 0.3 is 0 Å². The second kappa shape index (κ2) is 6.06. The summed E-state index contributed by atoms with van der Waals surface area (Å²) in [5, 5.41) is 4.25. The number of aryl methyl sites for hydroxylation is 1. The summed E-state index contributed by atoms with van der Waals surface area (Å²) in [6, 6.07) is 1.18. The van der Waals surface area contributed by atoms with Gasteiger partial charge in [-0.2, -0.15) is 5.10 Å². The van der Waals surface area contributed by atoms with E-state index >= 15 is 0 Å². The molecule has 2 aromatic rings. The van der Waals surface area contributed by atoms with Gasteiger partial charge in [-0.05, 0) is 6.42 Å². The average molecular weight is 323 g/mol. The minimum absolute atomic E-state index is 0.105. The van der Waals surface area contributed by atoms with Gasteiger partial charge < -0.3 is 0 Å². The lowest BCUT2D eigenvalue weighted by molar-refractivity contribution is 0.491. The molecule has 0 atom stereocenters. The minimum Gasteiger partial charge on any atom is -0.219 e. The average Bonchev–Trinajstić information content (AvgIpc) is 2.71. The predicted molar refractivity (Wildman–Crippen MR) is 72.0 cm³/mol. The van der Waals surface area contributed by atoms with Crippen LogP contribution in [0.1, 0.15) is 24.6 Å². The predicted octanol–water partition coefficient (Wildman–Crippen LogP) is 4.63. The summed E-state index contributed by atoms with van der Waals surface area (Å²) in [7, 11) is 0. The summed E-state index contributed by atoms with van der Waals surface area (Å²) < 4.78 is 41.0. The van der Waals surface area contributed by atoms with Crippen LogP contribution in [-0.2, 0) is 12.3 Å². The van der Waals surface area contributed by atoms with Gasteiger partial charge in [0.25, 0.3) is 0 Å². The molecular weight excluding hydrogens is 312 g/mol. The number of rotatable bonds is 4.